The molecular formula is C28H34F3N7O3. The topological polar surface area (TPSA) is 137 Å². The predicted molar refractivity (Wildman–Crippen MR) is 146 cm³/mol. The predicted octanol–water partition coefficient (Wildman–Crippen LogP) is 2.55. The molecule has 4 rings (SSSR count). The van der Waals surface area contributed by atoms with Gasteiger partial charge in [0.2, 0.25) is 11.8 Å². The molecule has 2 aromatic rings. The second kappa shape index (κ2) is 12.5. The van der Waals surface area contributed by atoms with Gasteiger partial charge in [0, 0.05) is 32.6 Å². The van der Waals surface area contributed by atoms with Crippen LogP contribution in [0.25, 0.3) is 0 Å². The molecule has 0 spiro atoms. The second-order valence-electron chi connectivity index (χ2n) is 10.3. The van der Waals surface area contributed by atoms with Gasteiger partial charge in [-0.05, 0) is 43.0 Å². The molecule has 2 aliphatic heterocycles. The van der Waals surface area contributed by atoms with Crippen LogP contribution in [0, 0.1) is 6.92 Å². The van der Waals surface area contributed by atoms with Crippen molar-refractivity contribution in [2.75, 3.05) is 19.6 Å². The Labute approximate surface area is 236 Å². The third kappa shape index (κ3) is 7.27. The Bertz CT molecular complexity index is 1300. The number of nitrogens with two attached hydrogens (primary N) is 2. The van der Waals surface area contributed by atoms with E-state index < -0.39 is 30.0 Å². The Morgan fingerprint density at radius 2 is 1.83 bits per heavy atom. The maximum absolute atomic E-state index is 13.6. The van der Waals surface area contributed by atoms with Gasteiger partial charge in [0.1, 0.15) is 12.2 Å². The van der Waals surface area contributed by atoms with Crippen molar-refractivity contribution < 1.29 is 27.6 Å². The quantitative estimate of drug-likeness (QED) is 0.253. The lowest BCUT2D eigenvalue weighted by atomic mass is 9.99. The van der Waals surface area contributed by atoms with E-state index in [9.17, 15) is 27.6 Å². The number of aryl methyl sites for hydroxylation is 1. The standard InChI is InChI=1S/C28H34F3N7O3/c1-18-12-20(14-21(13-18)28(29,30)31)15-35-27(41)37-11-9-24(39)38-22(8-5-10-34-26(32)33)25(40)36(17-23(37)38)16-19-6-3-2-4-7-19/h2-4,6-7,12-14,22-23H,5,8-11,15-17H2,1H3,(H,35,41)(H4,32,33,34)/t22-,23?/m0/s1. The summed E-state index contributed by atoms with van der Waals surface area (Å²) in [7, 11) is 0. The third-order valence-corrected chi connectivity index (χ3v) is 7.17. The summed E-state index contributed by atoms with van der Waals surface area (Å²) in [5.41, 5.74) is 11.7. The molecule has 0 aromatic heterocycles. The van der Waals surface area contributed by atoms with Crippen LogP contribution >= 0.6 is 0 Å². The Morgan fingerprint density at radius 1 is 1.10 bits per heavy atom. The molecule has 1 unspecified atom stereocenters. The minimum Gasteiger partial charge on any atom is -0.370 e. The van der Waals surface area contributed by atoms with Crippen LogP contribution in [0.4, 0.5) is 18.0 Å². The zero-order valence-corrected chi connectivity index (χ0v) is 22.7. The van der Waals surface area contributed by atoms with Gasteiger partial charge in [-0.1, -0.05) is 42.0 Å². The average molecular weight is 574 g/mol. The molecule has 0 saturated carbocycles. The first kappa shape index (κ1) is 29.7. The SMILES string of the molecule is Cc1cc(CNC(=O)N2CCC(=O)N3C2CN(Cc2ccccc2)C(=O)[C@@H]3CCCN=C(N)N)cc(C(F)(F)F)c1. The van der Waals surface area contributed by atoms with Crippen LogP contribution in [-0.2, 0) is 28.9 Å². The molecule has 2 aliphatic rings. The van der Waals surface area contributed by atoms with Gasteiger partial charge in [0.05, 0.1) is 12.1 Å². The third-order valence-electron chi connectivity index (χ3n) is 7.17. The lowest BCUT2D eigenvalue weighted by molar-refractivity contribution is -0.167. The summed E-state index contributed by atoms with van der Waals surface area (Å²) in [4.78, 5) is 48.7. The van der Waals surface area contributed by atoms with Crippen molar-refractivity contribution >= 4 is 23.8 Å². The number of alkyl halides is 3. The number of nitrogens with zero attached hydrogens (tertiary/aromatic N) is 4. The Balaban J connectivity index is 1.55. The monoisotopic (exact) mass is 573 g/mol. The highest BCUT2D eigenvalue weighted by atomic mass is 19.4. The van der Waals surface area contributed by atoms with E-state index in [1.165, 1.54) is 9.80 Å². The largest absolute Gasteiger partial charge is 0.416 e. The Hall–Kier alpha value is -4.29. The van der Waals surface area contributed by atoms with Gasteiger partial charge in [-0.25, -0.2) is 4.79 Å². The molecule has 220 valence electrons. The number of carbonyl (C=O) groups is 3. The van der Waals surface area contributed by atoms with E-state index in [2.05, 4.69) is 10.3 Å². The summed E-state index contributed by atoms with van der Waals surface area (Å²) >= 11 is 0. The molecule has 5 N–H and O–H groups in total. The number of urea groups is 1. The number of halogens is 3. The minimum absolute atomic E-state index is 0.0168. The van der Waals surface area contributed by atoms with E-state index in [1.54, 1.807) is 17.9 Å². The lowest BCUT2D eigenvalue weighted by Crippen LogP contribution is -2.71. The van der Waals surface area contributed by atoms with Crippen molar-refractivity contribution in [2.45, 2.75) is 57.7 Å². The lowest BCUT2D eigenvalue weighted by Gasteiger charge is -2.52. The molecule has 2 saturated heterocycles. The Morgan fingerprint density at radius 3 is 2.51 bits per heavy atom. The van der Waals surface area contributed by atoms with Crippen molar-refractivity contribution in [3.05, 3.63) is 70.8 Å². The number of benzene rings is 2. The highest BCUT2D eigenvalue weighted by Crippen LogP contribution is 2.31. The van der Waals surface area contributed by atoms with Gasteiger partial charge in [-0.3, -0.25) is 14.6 Å². The summed E-state index contributed by atoms with van der Waals surface area (Å²) in [5.74, 6) is -0.548. The Kier molecular flexibility index (Phi) is 9.04. The number of hydrogen-bond donors (Lipinski definition) is 3. The molecule has 2 aromatic carbocycles. The number of piperazine rings is 1. The highest BCUT2D eigenvalue weighted by molar-refractivity contribution is 5.91. The first-order valence-corrected chi connectivity index (χ1v) is 13.4. The van der Waals surface area contributed by atoms with E-state index in [-0.39, 0.29) is 50.4 Å². The zero-order valence-electron chi connectivity index (χ0n) is 22.7. The summed E-state index contributed by atoms with van der Waals surface area (Å²) < 4.78 is 39.9. The smallest absolute Gasteiger partial charge is 0.370 e. The number of aliphatic imine (C=N–C) groups is 1. The molecule has 2 atom stereocenters. The van der Waals surface area contributed by atoms with E-state index >= 15 is 0 Å². The summed E-state index contributed by atoms with van der Waals surface area (Å²) in [6.45, 7) is 2.21. The molecule has 0 bridgehead atoms. The van der Waals surface area contributed by atoms with Crippen LogP contribution in [0.3, 0.4) is 0 Å². The molecule has 0 aliphatic carbocycles. The number of rotatable bonds is 8. The maximum Gasteiger partial charge on any atom is 0.416 e. The van der Waals surface area contributed by atoms with Crippen molar-refractivity contribution in [2.24, 2.45) is 16.5 Å². The van der Waals surface area contributed by atoms with Gasteiger partial charge in [-0.15, -0.1) is 0 Å². The first-order valence-electron chi connectivity index (χ1n) is 13.4. The number of fused-ring (bicyclic) bond motifs is 1. The summed E-state index contributed by atoms with van der Waals surface area (Å²) in [6.07, 6.45) is -4.50. The van der Waals surface area contributed by atoms with Gasteiger partial charge in [0.15, 0.2) is 5.96 Å². The van der Waals surface area contributed by atoms with Crippen LogP contribution in [-0.4, -0.2) is 70.3 Å². The van der Waals surface area contributed by atoms with Crippen LogP contribution in [0.15, 0.2) is 53.5 Å². The van der Waals surface area contributed by atoms with E-state index in [0.717, 1.165) is 17.7 Å². The van der Waals surface area contributed by atoms with Crippen molar-refractivity contribution in [1.82, 2.24) is 20.0 Å². The van der Waals surface area contributed by atoms with E-state index in [4.69, 9.17) is 11.5 Å². The molecule has 41 heavy (non-hydrogen) atoms. The van der Waals surface area contributed by atoms with Crippen LogP contribution in [0.5, 0.6) is 0 Å². The molecule has 2 fully saturated rings. The van der Waals surface area contributed by atoms with Crippen molar-refractivity contribution in [1.29, 1.82) is 0 Å². The van der Waals surface area contributed by atoms with Gasteiger partial charge < -0.3 is 31.5 Å². The van der Waals surface area contributed by atoms with E-state index in [0.29, 0.717) is 30.5 Å². The second-order valence-corrected chi connectivity index (χ2v) is 10.3. The van der Waals surface area contributed by atoms with Crippen LogP contribution in [0.2, 0.25) is 0 Å². The molecular weight excluding hydrogens is 539 g/mol. The number of amides is 4. The fourth-order valence-corrected chi connectivity index (χ4v) is 5.34. The van der Waals surface area contributed by atoms with Crippen molar-refractivity contribution in [3.8, 4) is 0 Å². The van der Waals surface area contributed by atoms with Gasteiger partial charge in [0.25, 0.3) is 0 Å². The fraction of sp³-hybridized carbons (Fsp3) is 0.429. The van der Waals surface area contributed by atoms with Gasteiger partial charge >= 0.3 is 12.2 Å². The highest BCUT2D eigenvalue weighted by Gasteiger charge is 2.48. The average Bonchev–Trinajstić information content (AvgIpc) is 2.91. The molecule has 2 heterocycles. The number of nitrogens with one attached hydrogen (secondary N) is 1. The molecule has 13 heteroatoms. The summed E-state index contributed by atoms with van der Waals surface area (Å²) in [5, 5.41) is 2.71. The first-order chi connectivity index (χ1) is 19.4. The van der Waals surface area contributed by atoms with E-state index in [1.807, 2.05) is 30.3 Å². The van der Waals surface area contributed by atoms with Crippen LogP contribution in [0.1, 0.15) is 41.5 Å². The normalized spacial score (nSPS) is 19.2. The number of hydrogen-bond acceptors (Lipinski definition) is 4. The van der Waals surface area contributed by atoms with Crippen LogP contribution < -0.4 is 16.8 Å². The number of carbonyl (C=O) groups excluding carboxylic acids is 3. The molecule has 4 amide bonds. The number of guanidine groups is 1. The van der Waals surface area contributed by atoms with Crippen molar-refractivity contribution in [3.63, 3.8) is 0 Å². The zero-order chi connectivity index (χ0) is 29.7. The summed E-state index contributed by atoms with van der Waals surface area (Å²) in [6, 6.07) is 11.7. The molecule has 0 radical (unpaired) electrons. The fourth-order valence-electron chi connectivity index (χ4n) is 5.34. The maximum atomic E-state index is 13.6. The minimum atomic E-state index is -4.51. The van der Waals surface area contributed by atoms with Gasteiger partial charge in [-0.2, -0.15) is 13.2 Å². The molecule has 10 nitrogen and oxygen atoms in total.